The molecule has 1 aliphatic heterocycles. The van der Waals surface area contributed by atoms with E-state index in [2.05, 4.69) is 15.5 Å². The van der Waals surface area contributed by atoms with Gasteiger partial charge < -0.3 is 14.7 Å². The third kappa shape index (κ3) is 3.92. The van der Waals surface area contributed by atoms with Crippen molar-refractivity contribution in [1.82, 2.24) is 20.4 Å². The number of fused-ring (bicyclic) bond motifs is 1. The fourth-order valence-electron chi connectivity index (χ4n) is 3.84. The highest BCUT2D eigenvalue weighted by atomic mass is 16.5. The molecule has 0 aliphatic carbocycles. The number of aromatic nitrogens is 2. The molecule has 3 aromatic rings. The van der Waals surface area contributed by atoms with Crippen molar-refractivity contribution in [3.8, 4) is 0 Å². The van der Waals surface area contributed by atoms with Gasteiger partial charge in [-0.1, -0.05) is 37.2 Å². The maximum absolute atomic E-state index is 13.1. The van der Waals surface area contributed by atoms with Crippen LogP contribution in [0.25, 0.3) is 11.1 Å². The Balaban J connectivity index is 1.45. The van der Waals surface area contributed by atoms with Crippen molar-refractivity contribution in [2.24, 2.45) is 0 Å². The normalized spacial score (nSPS) is 15.0. The number of hydrogen-bond donors (Lipinski definition) is 1. The molecule has 0 atom stereocenters. The summed E-state index contributed by atoms with van der Waals surface area (Å²) in [6.07, 6.45) is 1.44. The Labute approximate surface area is 175 Å². The molecule has 1 aromatic carbocycles. The molecule has 1 aliphatic rings. The number of rotatable bonds is 4. The van der Waals surface area contributed by atoms with Crippen molar-refractivity contribution in [3.05, 3.63) is 58.9 Å². The van der Waals surface area contributed by atoms with Gasteiger partial charge in [0.15, 0.2) is 0 Å². The van der Waals surface area contributed by atoms with E-state index in [1.807, 2.05) is 62.1 Å². The summed E-state index contributed by atoms with van der Waals surface area (Å²) in [5, 5.41) is 7.78. The van der Waals surface area contributed by atoms with Gasteiger partial charge in [0.1, 0.15) is 0 Å². The third-order valence-electron chi connectivity index (χ3n) is 5.61. The lowest BCUT2D eigenvalue weighted by Gasteiger charge is -2.32. The Hall–Kier alpha value is -3.22. The fourth-order valence-corrected chi connectivity index (χ4v) is 3.84. The summed E-state index contributed by atoms with van der Waals surface area (Å²) in [4.78, 5) is 32.1. The van der Waals surface area contributed by atoms with Crippen molar-refractivity contribution in [2.75, 3.05) is 13.1 Å². The van der Waals surface area contributed by atoms with E-state index in [1.165, 1.54) is 0 Å². The fraction of sp³-hybridized carbons (Fsp3) is 0.391. The molecule has 0 unspecified atom stereocenters. The minimum atomic E-state index is -0.150. The van der Waals surface area contributed by atoms with Crippen LogP contribution in [-0.2, 0) is 0 Å². The molecule has 156 valence electrons. The smallest absolute Gasteiger partial charge is 0.259 e. The molecule has 7 nitrogen and oxygen atoms in total. The van der Waals surface area contributed by atoms with E-state index in [1.54, 1.807) is 0 Å². The number of nitrogens with zero attached hydrogens (tertiary/aromatic N) is 3. The number of amides is 2. The van der Waals surface area contributed by atoms with Gasteiger partial charge in [0.2, 0.25) is 0 Å². The molecule has 4 rings (SSSR count). The lowest BCUT2D eigenvalue weighted by molar-refractivity contribution is 0.0698. The van der Waals surface area contributed by atoms with Gasteiger partial charge in [-0.05, 0) is 43.9 Å². The molecule has 0 bridgehead atoms. The molecule has 0 spiro atoms. The highest BCUT2D eigenvalue weighted by Crippen LogP contribution is 2.25. The van der Waals surface area contributed by atoms with Gasteiger partial charge in [0.05, 0.1) is 16.6 Å². The van der Waals surface area contributed by atoms with E-state index in [-0.39, 0.29) is 23.8 Å². The molecular formula is C23H26N4O3. The lowest BCUT2D eigenvalue weighted by Crippen LogP contribution is -2.46. The number of nitrogens with one attached hydrogen (secondary N) is 1. The number of pyridine rings is 1. The molecule has 2 aromatic heterocycles. The summed E-state index contributed by atoms with van der Waals surface area (Å²) in [5.74, 6) is 0.0555. The highest BCUT2D eigenvalue weighted by Gasteiger charge is 2.26. The minimum absolute atomic E-state index is 0.0169. The number of carbonyl (C=O) groups excluding carboxylic acids is 2. The summed E-state index contributed by atoms with van der Waals surface area (Å²) in [7, 11) is 0. The van der Waals surface area contributed by atoms with Crippen LogP contribution in [-0.4, -0.2) is 46.0 Å². The molecule has 0 radical (unpaired) electrons. The molecule has 0 saturated carbocycles. The molecule has 7 heteroatoms. The van der Waals surface area contributed by atoms with Crippen LogP contribution in [0.3, 0.4) is 0 Å². The average Bonchev–Trinajstić information content (AvgIpc) is 3.14. The number of likely N-dealkylation sites (tertiary alicyclic amines) is 1. The van der Waals surface area contributed by atoms with E-state index in [4.69, 9.17) is 4.52 Å². The molecule has 3 heterocycles. The van der Waals surface area contributed by atoms with Crippen LogP contribution in [0.2, 0.25) is 0 Å². The number of aryl methyl sites for hydroxylation is 1. The Morgan fingerprint density at radius 2 is 1.87 bits per heavy atom. The molecule has 2 amide bonds. The van der Waals surface area contributed by atoms with Crippen LogP contribution in [0.1, 0.15) is 64.7 Å². The number of piperidine rings is 1. The zero-order valence-electron chi connectivity index (χ0n) is 17.5. The van der Waals surface area contributed by atoms with E-state index < -0.39 is 0 Å². The van der Waals surface area contributed by atoms with Crippen molar-refractivity contribution in [3.63, 3.8) is 0 Å². The van der Waals surface area contributed by atoms with Crippen LogP contribution in [0.5, 0.6) is 0 Å². The first-order chi connectivity index (χ1) is 14.4. The first kappa shape index (κ1) is 20.1. The van der Waals surface area contributed by atoms with Crippen LogP contribution in [0.4, 0.5) is 0 Å². The Morgan fingerprint density at radius 1 is 1.17 bits per heavy atom. The van der Waals surface area contributed by atoms with E-state index in [9.17, 15) is 9.59 Å². The summed E-state index contributed by atoms with van der Waals surface area (Å²) < 4.78 is 5.32. The van der Waals surface area contributed by atoms with Crippen molar-refractivity contribution < 1.29 is 14.1 Å². The third-order valence-corrected chi connectivity index (χ3v) is 5.61. The predicted molar refractivity (Wildman–Crippen MR) is 113 cm³/mol. The first-order valence-corrected chi connectivity index (χ1v) is 10.4. The van der Waals surface area contributed by atoms with Gasteiger partial charge in [0.25, 0.3) is 17.5 Å². The van der Waals surface area contributed by atoms with Crippen molar-refractivity contribution in [2.45, 2.75) is 45.6 Å². The first-order valence-electron chi connectivity index (χ1n) is 10.4. The zero-order valence-corrected chi connectivity index (χ0v) is 17.5. The minimum Gasteiger partial charge on any atom is -0.349 e. The number of hydrogen-bond acceptors (Lipinski definition) is 5. The maximum atomic E-state index is 13.1. The average molecular weight is 406 g/mol. The van der Waals surface area contributed by atoms with Gasteiger partial charge in [-0.2, -0.15) is 0 Å². The second-order valence-electron chi connectivity index (χ2n) is 8.10. The van der Waals surface area contributed by atoms with Gasteiger partial charge in [-0.3, -0.25) is 9.59 Å². The topological polar surface area (TPSA) is 88.3 Å². The van der Waals surface area contributed by atoms with Crippen LogP contribution in [0.15, 0.2) is 40.9 Å². The molecule has 1 saturated heterocycles. The summed E-state index contributed by atoms with van der Waals surface area (Å²) in [6.45, 7) is 7.10. The maximum Gasteiger partial charge on any atom is 0.259 e. The standard InChI is InChI=1S/C23H26N4O3/c1-14(2)19-13-18(20-15(3)26-30-22(20)25-19)21(28)24-17-9-11-27(12-10-17)23(29)16-7-5-4-6-8-16/h4-8,13-14,17H,9-12H2,1-3H3,(H,24,28). The van der Waals surface area contributed by atoms with Crippen LogP contribution in [0, 0.1) is 6.92 Å². The largest absolute Gasteiger partial charge is 0.349 e. The highest BCUT2D eigenvalue weighted by molar-refractivity contribution is 6.06. The van der Waals surface area contributed by atoms with E-state index >= 15 is 0 Å². The predicted octanol–water partition coefficient (Wildman–Crippen LogP) is 3.69. The Morgan fingerprint density at radius 3 is 2.53 bits per heavy atom. The summed E-state index contributed by atoms with van der Waals surface area (Å²) >= 11 is 0. The molecule has 1 fully saturated rings. The van der Waals surface area contributed by atoms with Gasteiger partial charge >= 0.3 is 0 Å². The summed E-state index contributed by atoms with van der Waals surface area (Å²) in [6, 6.07) is 11.2. The molecular weight excluding hydrogens is 380 g/mol. The number of benzene rings is 1. The Bertz CT molecular complexity index is 1070. The van der Waals surface area contributed by atoms with Crippen LogP contribution < -0.4 is 5.32 Å². The van der Waals surface area contributed by atoms with Crippen LogP contribution >= 0.6 is 0 Å². The zero-order chi connectivity index (χ0) is 21.3. The second-order valence-corrected chi connectivity index (χ2v) is 8.10. The monoisotopic (exact) mass is 406 g/mol. The van der Waals surface area contributed by atoms with Gasteiger partial charge in [0, 0.05) is 30.4 Å². The SMILES string of the molecule is Cc1noc2nc(C(C)C)cc(C(=O)NC3CCN(C(=O)c4ccccc4)CC3)c12. The Kier molecular flexibility index (Phi) is 5.53. The second kappa shape index (κ2) is 8.26. The molecule has 1 N–H and O–H groups in total. The molecule has 30 heavy (non-hydrogen) atoms. The summed E-state index contributed by atoms with van der Waals surface area (Å²) in [5.41, 5.74) is 3.09. The van der Waals surface area contributed by atoms with E-state index in [0.29, 0.717) is 41.0 Å². The lowest BCUT2D eigenvalue weighted by atomic mass is 10.0. The van der Waals surface area contributed by atoms with Gasteiger partial charge in [-0.15, -0.1) is 0 Å². The number of carbonyl (C=O) groups is 2. The quantitative estimate of drug-likeness (QED) is 0.714. The van der Waals surface area contributed by atoms with E-state index in [0.717, 1.165) is 18.5 Å². The van der Waals surface area contributed by atoms with Crippen molar-refractivity contribution >= 4 is 22.9 Å². The van der Waals surface area contributed by atoms with Crippen molar-refractivity contribution in [1.29, 1.82) is 0 Å². The van der Waals surface area contributed by atoms with Gasteiger partial charge in [-0.25, -0.2) is 4.98 Å².